The molecule has 4 rings (SSSR count). The van der Waals surface area contributed by atoms with Gasteiger partial charge in [-0.15, -0.1) is 0 Å². The van der Waals surface area contributed by atoms with Crippen LogP contribution in [-0.4, -0.2) is 14.9 Å². The molecular weight excluding hydrogens is 345 g/mol. The van der Waals surface area contributed by atoms with Crippen LogP contribution in [0.5, 0.6) is 0 Å². The number of hydrogen-bond donors (Lipinski definition) is 1. The predicted molar refractivity (Wildman–Crippen MR) is 103 cm³/mol. The molecule has 0 unspecified atom stereocenters. The van der Waals surface area contributed by atoms with Crippen molar-refractivity contribution in [1.29, 1.82) is 0 Å². The lowest BCUT2D eigenvalue weighted by Crippen LogP contribution is -2.23. The van der Waals surface area contributed by atoms with Crippen molar-refractivity contribution in [2.75, 3.05) is 5.32 Å². The van der Waals surface area contributed by atoms with Crippen molar-refractivity contribution >= 4 is 28.1 Å². The van der Waals surface area contributed by atoms with Crippen molar-refractivity contribution < 1.29 is 9.18 Å². The minimum atomic E-state index is -0.399. The summed E-state index contributed by atoms with van der Waals surface area (Å²) in [5.41, 5.74) is 2.35. The smallest absolute Gasteiger partial charge is 0.275 e. The lowest BCUT2D eigenvalue weighted by molar-refractivity contribution is -0.116. The van der Waals surface area contributed by atoms with E-state index in [0.717, 1.165) is 11.2 Å². The fourth-order valence-electron chi connectivity index (χ4n) is 3.29. The largest absolute Gasteiger partial charge is 0.326 e. The monoisotopic (exact) mass is 363 g/mol. The van der Waals surface area contributed by atoms with Crippen molar-refractivity contribution in [3.05, 3.63) is 83.0 Å². The molecule has 0 atom stereocenters. The maximum Gasteiger partial charge on any atom is 0.275 e. The molecule has 1 amide bonds. The standard InChI is InChI=1S/C21H18FN3O2/c22-15-10-11-17-19(14-15)25(21(27)18-8-4-12-24(17)18)13-5-9-20(26)23-16-6-2-1-3-7-16/h1-4,6-8,10-12,14H,5,9,13H2,(H,23,26). The Bertz CT molecular complexity index is 1180. The molecule has 0 spiro atoms. The molecule has 2 heterocycles. The second kappa shape index (κ2) is 7.07. The number of anilines is 1. The zero-order chi connectivity index (χ0) is 18.8. The Balaban J connectivity index is 1.58. The second-order valence-electron chi connectivity index (χ2n) is 6.37. The number of aryl methyl sites for hydroxylation is 1. The van der Waals surface area contributed by atoms with Crippen molar-refractivity contribution in [3.8, 4) is 0 Å². The Labute approximate surface area is 154 Å². The molecule has 5 nitrogen and oxygen atoms in total. The van der Waals surface area contributed by atoms with E-state index >= 15 is 0 Å². The number of aromatic nitrogens is 2. The predicted octanol–water partition coefficient (Wildman–Crippen LogP) is 3.81. The number of fused-ring (bicyclic) bond motifs is 3. The van der Waals surface area contributed by atoms with Crippen LogP contribution >= 0.6 is 0 Å². The van der Waals surface area contributed by atoms with Crippen LogP contribution in [0.15, 0.2) is 71.7 Å². The number of amides is 1. The molecule has 27 heavy (non-hydrogen) atoms. The summed E-state index contributed by atoms with van der Waals surface area (Å²) in [6.07, 6.45) is 2.53. The molecule has 136 valence electrons. The molecule has 0 saturated carbocycles. The Hall–Kier alpha value is -3.41. The quantitative estimate of drug-likeness (QED) is 0.586. The number of hydrogen-bond acceptors (Lipinski definition) is 2. The highest BCUT2D eigenvalue weighted by Crippen LogP contribution is 2.17. The van der Waals surface area contributed by atoms with Crippen LogP contribution in [0.2, 0.25) is 0 Å². The summed E-state index contributed by atoms with van der Waals surface area (Å²) in [5, 5.41) is 2.82. The van der Waals surface area contributed by atoms with Gasteiger partial charge in [0.2, 0.25) is 5.91 Å². The van der Waals surface area contributed by atoms with Gasteiger partial charge in [0.1, 0.15) is 11.3 Å². The summed E-state index contributed by atoms with van der Waals surface area (Å²) in [6.45, 7) is 0.336. The molecule has 0 aliphatic carbocycles. The normalized spacial score (nSPS) is 11.1. The van der Waals surface area contributed by atoms with E-state index in [0.29, 0.717) is 24.0 Å². The molecule has 6 heteroatoms. The lowest BCUT2D eigenvalue weighted by Gasteiger charge is -2.13. The molecule has 0 saturated heterocycles. The van der Waals surface area contributed by atoms with Gasteiger partial charge in [-0.05, 0) is 48.9 Å². The molecule has 0 bridgehead atoms. The maximum atomic E-state index is 13.8. The average Bonchev–Trinajstić information content (AvgIpc) is 3.15. The van der Waals surface area contributed by atoms with Crippen LogP contribution in [0, 0.1) is 5.82 Å². The van der Waals surface area contributed by atoms with Crippen molar-refractivity contribution in [3.63, 3.8) is 0 Å². The number of carbonyl (C=O) groups is 1. The summed E-state index contributed by atoms with van der Waals surface area (Å²) in [6, 6.07) is 17.1. The number of carbonyl (C=O) groups excluding carboxylic acids is 1. The number of para-hydroxylation sites is 1. The molecule has 4 aromatic rings. The average molecular weight is 363 g/mol. The third-order valence-electron chi connectivity index (χ3n) is 4.54. The van der Waals surface area contributed by atoms with Gasteiger partial charge in [0, 0.05) is 24.8 Å². The Morgan fingerprint density at radius 1 is 0.963 bits per heavy atom. The van der Waals surface area contributed by atoms with Crippen LogP contribution in [0.4, 0.5) is 10.1 Å². The van der Waals surface area contributed by atoms with E-state index in [1.807, 2.05) is 30.3 Å². The van der Waals surface area contributed by atoms with Gasteiger partial charge in [-0.1, -0.05) is 18.2 Å². The van der Waals surface area contributed by atoms with Crippen molar-refractivity contribution in [2.45, 2.75) is 19.4 Å². The summed E-state index contributed by atoms with van der Waals surface area (Å²) < 4.78 is 17.1. The fraction of sp³-hybridized carbons (Fsp3) is 0.143. The lowest BCUT2D eigenvalue weighted by atomic mass is 10.2. The van der Waals surface area contributed by atoms with E-state index in [1.165, 1.54) is 12.1 Å². The molecule has 0 aliphatic rings. The first kappa shape index (κ1) is 17.0. The molecule has 2 aromatic carbocycles. The van der Waals surface area contributed by atoms with Crippen LogP contribution in [0.25, 0.3) is 16.6 Å². The summed E-state index contributed by atoms with van der Waals surface area (Å²) in [5.74, 6) is -0.516. The fourth-order valence-corrected chi connectivity index (χ4v) is 3.29. The van der Waals surface area contributed by atoms with Gasteiger partial charge in [0.25, 0.3) is 5.56 Å². The van der Waals surface area contributed by atoms with Gasteiger partial charge in [0.05, 0.1) is 11.0 Å². The number of halogens is 1. The van der Waals surface area contributed by atoms with Crippen LogP contribution in [-0.2, 0) is 11.3 Å². The van der Waals surface area contributed by atoms with Gasteiger partial charge in [-0.2, -0.15) is 0 Å². The van der Waals surface area contributed by atoms with Crippen molar-refractivity contribution in [1.82, 2.24) is 8.97 Å². The summed E-state index contributed by atoms with van der Waals surface area (Å²) >= 11 is 0. The molecule has 2 aromatic heterocycles. The topological polar surface area (TPSA) is 55.5 Å². The first-order valence-corrected chi connectivity index (χ1v) is 8.77. The highest BCUT2D eigenvalue weighted by Gasteiger charge is 2.12. The Morgan fingerprint density at radius 2 is 1.78 bits per heavy atom. The third kappa shape index (κ3) is 3.33. The Morgan fingerprint density at radius 3 is 2.59 bits per heavy atom. The first-order chi connectivity index (χ1) is 13.1. The van der Waals surface area contributed by atoms with Gasteiger partial charge in [-0.3, -0.25) is 9.59 Å². The molecule has 0 radical (unpaired) electrons. The molecule has 1 N–H and O–H groups in total. The van der Waals surface area contributed by atoms with E-state index in [2.05, 4.69) is 5.32 Å². The van der Waals surface area contributed by atoms with Gasteiger partial charge < -0.3 is 14.3 Å². The van der Waals surface area contributed by atoms with E-state index in [4.69, 9.17) is 0 Å². The van der Waals surface area contributed by atoms with Gasteiger partial charge >= 0.3 is 0 Å². The highest BCUT2D eigenvalue weighted by atomic mass is 19.1. The van der Waals surface area contributed by atoms with E-state index in [9.17, 15) is 14.0 Å². The molecular formula is C21H18FN3O2. The summed E-state index contributed by atoms with van der Waals surface area (Å²) in [4.78, 5) is 24.9. The van der Waals surface area contributed by atoms with Crippen LogP contribution < -0.4 is 10.9 Å². The van der Waals surface area contributed by atoms with E-state index < -0.39 is 5.82 Å². The van der Waals surface area contributed by atoms with Crippen molar-refractivity contribution in [2.24, 2.45) is 0 Å². The first-order valence-electron chi connectivity index (χ1n) is 8.77. The third-order valence-corrected chi connectivity index (χ3v) is 4.54. The van der Waals surface area contributed by atoms with E-state index in [1.54, 1.807) is 33.4 Å². The Kier molecular flexibility index (Phi) is 4.46. The van der Waals surface area contributed by atoms with Crippen LogP contribution in [0.3, 0.4) is 0 Å². The van der Waals surface area contributed by atoms with E-state index in [-0.39, 0.29) is 17.9 Å². The zero-order valence-electron chi connectivity index (χ0n) is 14.6. The van der Waals surface area contributed by atoms with Crippen LogP contribution in [0.1, 0.15) is 12.8 Å². The minimum absolute atomic E-state index is 0.117. The maximum absolute atomic E-state index is 13.8. The number of rotatable bonds is 5. The number of nitrogens with zero attached hydrogens (tertiary/aromatic N) is 2. The molecule has 0 aliphatic heterocycles. The number of benzene rings is 2. The molecule has 0 fully saturated rings. The zero-order valence-corrected chi connectivity index (χ0v) is 14.6. The highest BCUT2D eigenvalue weighted by molar-refractivity contribution is 5.90. The van der Waals surface area contributed by atoms with Gasteiger partial charge in [0.15, 0.2) is 0 Å². The SMILES string of the molecule is O=C(CCCn1c(=O)c2cccn2c2ccc(F)cc21)Nc1ccccc1. The van der Waals surface area contributed by atoms with Gasteiger partial charge in [-0.25, -0.2) is 4.39 Å². The summed E-state index contributed by atoms with van der Waals surface area (Å²) in [7, 11) is 0. The minimum Gasteiger partial charge on any atom is -0.326 e. The number of nitrogens with one attached hydrogen (secondary N) is 1. The second-order valence-corrected chi connectivity index (χ2v) is 6.37.